The van der Waals surface area contributed by atoms with E-state index in [-0.39, 0.29) is 18.2 Å². The van der Waals surface area contributed by atoms with Crippen molar-refractivity contribution in [1.29, 1.82) is 0 Å². The first-order valence-electron chi connectivity index (χ1n) is 8.10. The van der Waals surface area contributed by atoms with Crippen molar-refractivity contribution in [2.75, 3.05) is 23.9 Å². The van der Waals surface area contributed by atoms with Crippen LogP contribution < -0.4 is 15.0 Å². The average molecular weight is 393 g/mol. The van der Waals surface area contributed by atoms with Crippen molar-refractivity contribution in [1.82, 2.24) is 0 Å². The number of halogens is 2. The summed E-state index contributed by atoms with van der Waals surface area (Å²) < 4.78 is 5.10. The van der Waals surface area contributed by atoms with Gasteiger partial charge in [0.2, 0.25) is 11.8 Å². The maximum Gasteiger partial charge on any atom is 0.229 e. The Balaban J connectivity index is 1.73. The lowest BCUT2D eigenvalue weighted by atomic mass is 10.1. The van der Waals surface area contributed by atoms with E-state index in [1.165, 1.54) is 7.11 Å². The lowest BCUT2D eigenvalue weighted by molar-refractivity contribution is -0.122. The monoisotopic (exact) mass is 392 g/mol. The molecule has 1 N–H and O–H groups in total. The summed E-state index contributed by atoms with van der Waals surface area (Å²) in [6, 6.07) is 10.4. The number of carbonyl (C=O) groups is 2. The fourth-order valence-corrected chi connectivity index (χ4v) is 3.42. The van der Waals surface area contributed by atoms with Gasteiger partial charge < -0.3 is 15.0 Å². The van der Waals surface area contributed by atoms with Crippen LogP contribution in [0.3, 0.4) is 0 Å². The van der Waals surface area contributed by atoms with Gasteiger partial charge in [0.15, 0.2) is 0 Å². The summed E-state index contributed by atoms with van der Waals surface area (Å²) >= 11 is 12.2. The van der Waals surface area contributed by atoms with E-state index in [1.807, 2.05) is 13.0 Å². The Morgan fingerprint density at radius 2 is 2.00 bits per heavy atom. The molecule has 0 spiro atoms. The number of anilines is 2. The molecule has 0 aromatic heterocycles. The molecule has 2 aromatic rings. The molecule has 0 aliphatic carbocycles. The number of carbonyl (C=O) groups excluding carboxylic acids is 2. The molecule has 1 unspecified atom stereocenters. The molecule has 1 atom stereocenters. The summed E-state index contributed by atoms with van der Waals surface area (Å²) in [6.45, 7) is 2.17. The van der Waals surface area contributed by atoms with Crippen molar-refractivity contribution in [3.63, 3.8) is 0 Å². The first-order chi connectivity index (χ1) is 12.4. The highest BCUT2D eigenvalue weighted by atomic mass is 35.5. The van der Waals surface area contributed by atoms with E-state index in [0.29, 0.717) is 28.0 Å². The molecular weight excluding hydrogens is 375 g/mol. The predicted molar refractivity (Wildman–Crippen MR) is 103 cm³/mol. The standard InChI is InChI=1S/C19H18Cl2N2O3/c1-11-14(20)4-3-5-16(11)23-10-12(8-18(23)24)19(25)22-13-6-7-17(26-2)15(21)9-13/h3-7,9,12H,8,10H2,1-2H3,(H,22,25). The van der Waals surface area contributed by atoms with E-state index in [1.54, 1.807) is 35.2 Å². The molecule has 1 aliphatic heterocycles. The summed E-state index contributed by atoms with van der Waals surface area (Å²) in [6.07, 6.45) is 0.154. The van der Waals surface area contributed by atoms with Crippen LogP contribution >= 0.6 is 23.2 Å². The predicted octanol–water partition coefficient (Wildman–Crippen LogP) is 4.30. The van der Waals surface area contributed by atoms with Gasteiger partial charge in [-0.3, -0.25) is 9.59 Å². The van der Waals surface area contributed by atoms with E-state index in [4.69, 9.17) is 27.9 Å². The number of ether oxygens (including phenoxy) is 1. The Kier molecular flexibility index (Phi) is 5.39. The maximum absolute atomic E-state index is 12.6. The number of rotatable bonds is 4. The van der Waals surface area contributed by atoms with Gasteiger partial charge in [0.05, 0.1) is 18.1 Å². The fourth-order valence-electron chi connectivity index (χ4n) is 2.99. The van der Waals surface area contributed by atoms with Crippen molar-refractivity contribution >= 4 is 46.4 Å². The van der Waals surface area contributed by atoms with Crippen molar-refractivity contribution in [2.45, 2.75) is 13.3 Å². The second kappa shape index (κ2) is 7.56. The third-order valence-electron chi connectivity index (χ3n) is 4.45. The molecule has 136 valence electrons. The number of hydrogen-bond donors (Lipinski definition) is 1. The van der Waals surface area contributed by atoms with Crippen molar-refractivity contribution in [2.24, 2.45) is 5.92 Å². The Bertz CT molecular complexity index is 870. The zero-order valence-corrected chi connectivity index (χ0v) is 15.9. The average Bonchev–Trinajstić information content (AvgIpc) is 2.99. The van der Waals surface area contributed by atoms with Crippen molar-refractivity contribution < 1.29 is 14.3 Å². The van der Waals surface area contributed by atoms with Crippen LogP contribution in [0.5, 0.6) is 5.75 Å². The van der Waals surface area contributed by atoms with E-state index in [9.17, 15) is 9.59 Å². The minimum absolute atomic E-state index is 0.0942. The maximum atomic E-state index is 12.6. The largest absolute Gasteiger partial charge is 0.495 e. The second-order valence-electron chi connectivity index (χ2n) is 6.13. The van der Waals surface area contributed by atoms with Crippen LogP contribution in [-0.2, 0) is 9.59 Å². The molecule has 7 heteroatoms. The summed E-state index contributed by atoms with van der Waals surface area (Å²) in [5, 5.41) is 3.81. The van der Waals surface area contributed by atoms with Crippen molar-refractivity contribution in [3.05, 3.63) is 52.0 Å². The molecule has 1 saturated heterocycles. The Morgan fingerprint density at radius 1 is 1.23 bits per heavy atom. The van der Waals surface area contributed by atoms with Crippen LogP contribution in [-0.4, -0.2) is 25.5 Å². The fraction of sp³-hybridized carbons (Fsp3) is 0.263. The minimum Gasteiger partial charge on any atom is -0.495 e. The smallest absolute Gasteiger partial charge is 0.229 e. The van der Waals surface area contributed by atoms with Gasteiger partial charge in [-0.1, -0.05) is 29.3 Å². The lowest BCUT2D eigenvalue weighted by Crippen LogP contribution is -2.28. The van der Waals surface area contributed by atoms with Gasteiger partial charge in [0, 0.05) is 29.4 Å². The zero-order valence-electron chi connectivity index (χ0n) is 14.4. The normalized spacial score (nSPS) is 16.7. The molecule has 1 fully saturated rings. The van der Waals surface area contributed by atoms with Crippen LogP contribution in [0, 0.1) is 12.8 Å². The van der Waals surface area contributed by atoms with E-state index < -0.39 is 5.92 Å². The van der Waals surface area contributed by atoms with Crippen LogP contribution in [0.1, 0.15) is 12.0 Å². The third-order valence-corrected chi connectivity index (χ3v) is 5.15. The highest BCUT2D eigenvalue weighted by Crippen LogP contribution is 2.32. The highest BCUT2D eigenvalue weighted by Gasteiger charge is 2.35. The van der Waals surface area contributed by atoms with Gasteiger partial charge >= 0.3 is 0 Å². The van der Waals surface area contributed by atoms with Crippen LogP contribution in [0.4, 0.5) is 11.4 Å². The van der Waals surface area contributed by atoms with Crippen LogP contribution in [0.25, 0.3) is 0 Å². The number of amides is 2. The molecular formula is C19H18Cl2N2O3. The van der Waals surface area contributed by atoms with Gasteiger partial charge in [-0.25, -0.2) is 0 Å². The first kappa shape index (κ1) is 18.5. The van der Waals surface area contributed by atoms with Gasteiger partial charge in [-0.15, -0.1) is 0 Å². The molecule has 2 aromatic carbocycles. The highest BCUT2D eigenvalue weighted by molar-refractivity contribution is 6.32. The molecule has 0 bridgehead atoms. The van der Waals surface area contributed by atoms with Gasteiger partial charge in [-0.05, 0) is 42.8 Å². The molecule has 2 amide bonds. The van der Waals surface area contributed by atoms with Gasteiger partial charge in [0.1, 0.15) is 5.75 Å². The third kappa shape index (κ3) is 3.64. The minimum atomic E-state index is -0.443. The summed E-state index contributed by atoms with van der Waals surface area (Å²) in [5.41, 5.74) is 2.13. The quantitative estimate of drug-likeness (QED) is 0.843. The summed E-state index contributed by atoms with van der Waals surface area (Å²) in [7, 11) is 1.52. The van der Waals surface area contributed by atoms with E-state index in [0.717, 1.165) is 11.3 Å². The molecule has 5 nitrogen and oxygen atoms in total. The number of hydrogen-bond acceptors (Lipinski definition) is 3. The second-order valence-corrected chi connectivity index (χ2v) is 6.94. The summed E-state index contributed by atoms with van der Waals surface area (Å²) in [5.74, 6) is -0.227. The number of benzene rings is 2. The topological polar surface area (TPSA) is 58.6 Å². The number of nitrogens with zero attached hydrogens (tertiary/aromatic N) is 1. The molecule has 0 radical (unpaired) electrons. The Hall–Kier alpha value is -2.24. The molecule has 26 heavy (non-hydrogen) atoms. The first-order valence-corrected chi connectivity index (χ1v) is 8.86. The molecule has 1 heterocycles. The summed E-state index contributed by atoms with van der Waals surface area (Å²) in [4.78, 5) is 26.6. The van der Waals surface area contributed by atoms with Crippen LogP contribution in [0.2, 0.25) is 10.0 Å². The molecule has 3 rings (SSSR count). The molecule has 1 aliphatic rings. The van der Waals surface area contributed by atoms with E-state index >= 15 is 0 Å². The number of nitrogens with one attached hydrogen (secondary N) is 1. The Labute approximate surface area is 161 Å². The lowest BCUT2D eigenvalue weighted by Gasteiger charge is -2.19. The molecule has 0 saturated carbocycles. The van der Waals surface area contributed by atoms with Gasteiger partial charge in [0.25, 0.3) is 0 Å². The SMILES string of the molecule is COc1ccc(NC(=O)C2CC(=O)N(c3cccc(Cl)c3C)C2)cc1Cl. The van der Waals surface area contributed by atoms with Crippen molar-refractivity contribution in [3.8, 4) is 5.75 Å². The van der Waals surface area contributed by atoms with Gasteiger partial charge in [-0.2, -0.15) is 0 Å². The zero-order chi connectivity index (χ0) is 18.8. The van der Waals surface area contributed by atoms with Crippen LogP contribution in [0.15, 0.2) is 36.4 Å². The number of methoxy groups -OCH3 is 1. The Morgan fingerprint density at radius 3 is 2.69 bits per heavy atom. The van der Waals surface area contributed by atoms with E-state index in [2.05, 4.69) is 5.32 Å².